The second-order valence-electron chi connectivity index (χ2n) is 8.86. The molecule has 2 amide bonds. The monoisotopic (exact) mass is 622 g/mol. The number of carboxylic acid groups (broad SMARTS) is 2. The molecular weight excluding hydrogens is 602 g/mol. The second-order valence-corrected chi connectivity index (χ2v) is 11.6. The van der Waals surface area contributed by atoms with Gasteiger partial charge in [-0.25, -0.2) is 19.6 Å². The number of aromatic nitrogens is 4. The van der Waals surface area contributed by atoms with E-state index >= 15 is 0 Å². The van der Waals surface area contributed by atoms with Gasteiger partial charge in [0.25, 0.3) is 11.8 Å². The summed E-state index contributed by atoms with van der Waals surface area (Å²) in [4.78, 5) is 66.8. The summed E-state index contributed by atoms with van der Waals surface area (Å²) in [6.45, 7) is 1.37. The number of nitrogens with zero attached hydrogens (tertiary/aromatic N) is 5. The third-order valence-corrected chi connectivity index (χ3v) is 8.52. The molecule has 8 N–H and O–H groups in total. The first-order valence-electron chi connectivity index (χ1n) is 11.7. The van der Waals surface area contributed by atoms with Crippen molar-refractivity contribution < 1.29 is 38.8 Å². The first kappa shape index (κ1) is 28.1. The molecule has 1 fully saturated rings. The van der Waals surface area contributed by atoms with Crippen molar-refractivity contribution in [3.8, 4) is 0 Å². The van der Waals surface area contributed by atoms with Gasteiger partial charge in [0.2, 0.25) is 6.10 Å². The molecule has 5 rings (SSSR count). The summed E-state index contributed by atoms with van der Waals surface area (Å²) in [5, 5.41) is 24.5. The summed E-state index contributed by atoms with van der Waals surface area (Å²) in [6, 6.07) is 0.613. The molecular formula is C22H21ClN9O7S2+. The Kier molecular flexibility index (Phi) is 7.45. The fraction of sp³-hybridized carbons (Fsp3) is 0.273. The van der Waals surface area contributed by atoms with Crippen LogP contribution in [0.3, 0.4) is 0 Å². The van der Waals surface area contributed by atoms with Crippen LogP contribution in [0.15, 0.2) is 34.9 Å². The number of thiazole rings is 1. The molecule has 0 spiro atoms. The lowest BCUT2D eigenvalue weighted by Gasteiger charge is -2.49. The van der Waals surface area contributed by atoms with E-state index in [9.17, 15) is 24.3 Å². The number of rotatable bonds is 9. The van der Waals surface area contributed by atoms with Crippen LogP contribution in [0.25, 0.3) is 11.0 Å². The largest absolute Gasteiger partial charge is 0.478 e. The number of aromatic amines is 1. The molecule has 1 saturated heterocycles. The van der Waals surface area contributed by atoms with E-state index in [0.717, 1.165) is 16.2 Å². The maximum atomic E-state index is 13.2. The number of anilines is 2. The Labute approximate surface area is 243 Å². The SMILES string of the molecule is C[C@H](ON=C(C(=O)N[C@@H]1C(=O)N2C(C(=O)O)=C(C[n+]3ccc4nc(N)[nH]c4c3)CSC12)c1nc(N)sc1Cl)C(=O)O. The number of nitrogen functional groups attached to an aromatic ring is 2. The van der Waals surface area contributed by atoms with E-state index in [1.54, 1.807) is 23.0 Å². The van der Waals surface area contributed by atoms with Crippen molar-refractivity contribution >= 4 is 86.3 Å². The Morgan fingerprint density at radius 1 is 1.37 bits per heavy atom. The maximum Gasteiger partial charge on any atom is 0.352 e. The number of nitrogens with one attached hydrogen (secondary N) is 2. The molecule has 5 heterocycles. The van der Waals surface area contributed by atoms with Crippen LogP contribution < -0.4 is 21.4 Å². The molecule has 0 bridgehead atoms. The number of hydrogen-bond acceptors (Lipinski definition) is 12. The number of aliphatic carboxylic acids is 2. The quantitative estimate of drug-likeness (QED) is 0.0783. The minimum Gasteiger partial charge on any atom is -0.478 e. The summed E-state index contributed by atoms with van der Waals surface area (Å²) >= 11 is 8.26. The summed E-state index contributed by atoms with van der Waals surface area (Å²) in [7, 11) is 0. The predicted octanol–water partition coefficient (Wildman–Crippen LogP) is -0.243. The Bertz CT molecular complexity index is 1670. The number of fused-ring (bicyclic) bond motifs is 2. The van der Waals surface area contributed by atoms with E-state index in [1.807, 2.05) is 0 Å². The Balaban J connectivity index is 1.37. The number of imidazole rings is 1. The van der Waals surface area contributed by atoms with Gasteiger partial charge in [0.05, 0.1) is 0 Å². The highest BCUT2D eigenvalue weighted by atomic mass is 35.5. The van der Waals surface area contributed by atoms with Gasteiger partial charge >= 0.3 is 11.9 Å². The van der Waals surface area contributed by atoms with E-state index in [2.05, 4.69) is 25.4 Å². The van der Waals surface area contributed by atoms with E-state index in [4.69, 9.17) is 33.0 Å². The van der Waals surface area contributed by atoms with Gasteiger partial charge in [-0.3, -0.25) is 14.5 Å². The van der Waals surface area contributed by atoms with Gasteiger partial charge in [-0.05, 0) is 6.92 Å². The van der Waals surface area contributed by atoms with Crippen molar-refractivity contribution in [1.82, 2.24) is 25.2 Å². The summed E-state index contributed by atoms with van der Waals surface area (Å²) in [5.41, 5.74) is 12.3. The van der Waals surface area contributed by atoms with E-state index < -0.39 is 47.0 Å². The molecule has 16 nitrogen and oxygen atoms in total. The molecule has 2 aliphatic rings. The van der Waals surface area contributed by atoms with Gasteiger partial charge in [-0.2, -0.15) is 4.57 Å². The van der Waals surface area contributed by atoms with Crippen LogP contribution in [0.2, 0.25) is 4.34 Å². The number of hydrogen-bond donors (Lipinski definition) is 6. The first-order valence-corrected chi connectivity index (χ1v) is 13.9. The maximum absolute atomic E-state index is 13.2. The highest BCUT2D eigenvalue weighted by Crippen LogP contribution is 2.40. The van der Waals surface area contributed by atoms with Crippen molar-refractivity contribution in [2.75, 3.05) is 17.2 Å². The lowest BCUT2D eigenvalue weighted by molar-refractivity contribution is -0.687. The Hall–Kier alpha value is -4.42. The number of oxime groups is 1. The van der Waals surface area contributed by atoms with Crippen LogP contribution in [-0.2, 0) is 30.6 Å². The van der Waals surface area contributed by atoms with E-state index in [-0.39, 0.29) is 39.1 Å². The van der Waals surface area contributed by atoms with Crippen LogP contribution >= 0.6 is 34.7 Å². The highest BCUT2D eigenvalue weighted by Gasteiger charge is 2.55. The molecule has 0 radical (unpaired) electrons. The number of thioether (sulfide) groups is 1. The number of nitrogens with two attached hydrogens (primary N) is 2. The Morgan fingerprint density at radius 2 is 2.12 bits per heavy atom. The fourth-order valence-corrected chi connectivity index (χ4v) is 6.45. The predicted molar refractivity (Wildman–Crippen MR) is 147 cm³/mol. The van der Waals surface area contributed by atoms with Crippen LogP contribution in [0, 0.1) is 0 Å². The lowest BCUT2D eigenvalue weighted by Crippen LogP contribution is -2.71. The topological polar surface area (TPSA) is 243 Å². The summed E-state index contributed by atoms with van der Waals surface area (Å²) in [5.74, 6) is -3.73. The first-order chi connectivity index (χ1) is 19.4. The van der Waals surface area contributed by atoms with Gasteiger partial charge in [0, 0.05) is 17.4 Å². The van der Waals surface area contributed by atoms with Gasteiger partial charge in [-0.1, -0.05) is 28.1 Å². The van der Waals surface area contributed by atoms with Crippen LogP contribution in [0.5, 0.6) is 0 Å². The number of β-lactam (4-membered cyclic amide) rings is 1. The zero-order valence-electron chi connectivity index (χ0n) is 20.9. The molecule has 41 heavy (non-hydrogen) atoms. The van der Waals surface area contributed by atoms with Gasteiger partial charge in [0.1, 0.15) is 38.2 Å². The highest BCUT2D eigenvalue weighted by molar-refractivity contribution is 8.00. The minimum absolute atomic E-state index is 0.00850. The number of halogens is 1. The molecule has 3 aromatic heterocycles. The molecule has 3 atom stereocenters. The normalized spacial score (nSPS) is 19.5. The standard InChI is InChI=1S/C22H20ClN9O7S2/c1-7(19(35)36)39-30-12(11-15(23)41-22(25)29-11)16(33)28-13-17(34)32-14(20(37)38)8(6-40-18(13)32)4-31-3-2-9-10(5-31)27-21(24)26-9/h2-3,5,7,13,18H,4,6H2,1H3,(H7,24,25,27,28,29,33,35,36,37,38)/p+1/t7-,13+,18?/m0/s1. The van der Waals surface area contributed by atoms with Crippen molar-refractivity contribution in [1.29, 1.82) is 0 Å². The van der Waals surface area contributed by atoms with Gasteiger partial charge in [-0.15, -0.1) is 11.8 Å². The molecule has 0 aliphatic carbocycles. The van der Waals surface area contributed by atoms with Crippen LogP contribution in [0.4, 0.5) is 11.1 Å². The molecule has 1 unspecified atom stereocenters. The van der Waals surface area contributed by atoms with Crippen molar-refractivity contribution in [3.63, 3.8) is 0 Å². The zero-order chi connectivity index (χ0) is 29.6. The lowest BCUT2D eigenvalue weighted by atomic mass is 10.0. The number of pyridine rings is 1. The molecule has 19 heteroatoms. The van der Waals surface area contributed by atoms with Crippen molar-refractivity contribution in [2.24, 2.45) is 5.16 Å². The summed E-state index contributed by atoms with van der Waals surface area (Å²) in [6.07, 6.45) is 2.04. The minimum atomic E-state index is -1.41. The van der Waals surface area contributed by atoms with Crippen molar-refractivity contribution in [2.45, 2.75) is 31.0 Å². The van der Waals surface area contributed by atoms with Crippen LogP contribution in [-0.4, -0.2) is 82.8 Å². The van der Waals surface area contributed by atoms with E-state index in [0.29, 0.717) is 16.6 Å². The molecule has 0 aromatic carbocycles. The fourth-order valence-electron chi connectivity index (χ4n) is 4.19. The molecule has 2 aliphatic heterocycles. The second kappa shape index (κ2) is 10.9. The third kappa shape index (κ3) is 5.35. The molecule has 0 saturated carbocycles. The number of carbonyl (C=O) groups is 4. The molecule has 3 aromatic rings. The number of carboxylic acids is 2. The smallest absolute Gasteiger partial charge is 0.352 e. The number of H-pyrrole nitrogens is 1. The summed E-state index contributed by atoms with van der Waals surface area (Å²) < 4.78 is 1.73. The van der Waals surface area contributed by atoms with Gasteiger partial charge in [0.15, 0.2) is 35.7 Å². The number of amides is 2. The Morgan fingerprint density at radius 3 is 2.78 bits per heavy atom. The van der Waals surface area contributed by atoms with Crippen LogP contribution in [0.1, 0.15) is 12.6 Å². The van der Waals surface area contributed by atoms with E-state index in [1.165, 1.54) is 18.7 Å². The number of carbonyl (C=O) groups excluding carboxylic acids is 2. The van der Waals surface area contributed by atoms with Gasteiger partial charge < -0.3 is 36.8 Å². The average Bonchev–Trinajstić information content (AvgIpc) is 3.45. The molecule has 214 valence electrons. The third-order valence-electron chi connectivity index (χ3n) is 6.10. The van der Waals surface area contributed by atoms with Crippen molar-refractivity contribution in [3.05, 3.63) is 39.8 Å². The average molecular weight is 623 g/mol. The zero-order valence-corrected chi connectivity index (χ0v) is 23.3.